The van der Waals surface area contributed by atoms with Gasteiger partial charge < -0.3 is 40.0 Å². The summed E-state index contributed by atoms with van der Waals surface area (Å²) in [5, 5.41) is 24.2. The summed E-state index contributed by atoms with van der Waals surface area (Å²) in [6.07, 6.45) is 21.8. The third-order valence-electron chi connectivity index (χ3n) is 13.9. The zero-order valence-corrected chi connectivity index (χ0v) is 49.4. The number of methoxy groups -OCH3 is 2. The molecule has 0 unspecified atom stereocenters. The summed E-state index contributed by atoms with van der Waals surface area (Å²) >= 11 is 0. The van der Waals surface area contributed by atoms with Gasteiger partial charge in [0.1, 0.15) is 0 Å². The molecule has 7 aromatic heterocycles. The fourth-order valence-corrected chi connectivity index (χ4v) is 10.6. The lowest BCUT2D eigenvalue weighted by Crippen LogP contribution is -2.12. The number of nitrogens with one attached hydrogen (secondary N) is 4. The zero-order valence-electron chi connectivity index (χ0n) is 47.7. The Morgan fingerprint density at radius 3 is 1.56 bits per heavy atom. The third kappa shape index (κ3) is 13.9. The van der Waals surface area contributed by atoms with Gasteiger partial charge in [-0.2, -0.15) is 0 Å². The van der Waals surface area contributed by atoms with Crippen molar-refractivity contribution in [3.8, 4) is 56.8 Å². The number of aliphatic hydroxyl groups is 1. The van der Waals surface area contributed by atoms with E-state index in [0.717, 1.165) is 86.9 Å². The van der Waals surface area contributed by atoms with E-state index < -0.39 is 20.0 Å². The van der Waals surface area contributed by atoms with Crippen molar-refractivity contribution in [3.63, 3.8) is 0 Å². The largest absolute Gasteiger partial charge is 0.493 e. The van der Waals surface area contributed by atoms with Gasteiger partial charge in [0, 0.05) is 91.6 Å². The highest BCUT2D eigenvalue weighted by molar-refractivity contribution is 7.92. The fraction of sp³-hybridized carbons (Fsp3) is 0.145. The van der Waals surface area contributed by atoms with E-state index in [1.54, 1.807) is 81.9 Å². The van der Waals surface area contributed by atoms with Crippen LogP contribution in [0.5, 0.6) is 23.0 Å². The predicted octanol–water partition coefficient (Wildman–Crippen LogP) is 8.72. The molecule has 0 radical (unpaired) electrons. The smallest absolute Gasteiger partial charge is 0.238 e. The summed E-state index contributed by atoms with van der Waals surface area (Å²) < 4.78 is 75.4. The number of aliphatic hydroxyl groups excluding tert-OH is 1. The van der Waals surface area contributed by atoms with Gasteiger partial charge in [-0.3, -0.25) is 22.9 Å². The molecule has 0 aliphatic carbocycles. The van der Waals surface area contributed by atoms with Crippen molar-refractivity contribution < 1.29 is 40.9 Å². The lowest BCUT2D eigenvalue weighted by molar-refractivity contribution is 0.174. The van der Waals surface area contributed by atoms with Crippen LogP contribution in [0.4, 0.5) is 23.1 Å². The number of nitrogens with two attached hydrogens (primary N) is 1. The fourth-order valence-electron chi connectivity index (χ4n) is 9.55. The number of fused-ring (bicyclic) bond motifs is 4. The van der Waals surface area contributed by atoms with E-state index in [1.807, 2.05) is 123 Å². The maximum atomic E-state index is 11.4. The first-order valence-electron chi connectivity index (χ1n) is 27.3. The van der Waals surface area contributed by atoms with Crippen LogP contribution >= 0.6 is 0 Å². The first kappa shape index (κ1) is 59.1. The Balaban J connectivity index is 0.000000137. The monoisotopic (exact) mass is 1220 g/mol. The molecular weight excluding hydrogens is 1160 g/mol. The van der Waals surface area contributed by atoms with Crippen LogP contribution in [0.1, 0.15) is 22.3 Å². The highest BCUT2D eigenvalue weighted by Crippen LogP contribution is 2.37. The summed E-state index contributed by atoms with van der Waals surface area (Å²) in [5.41, 5.74) is 12.3. The molecule has 88 heavy (non-hydrogen) atoms. The van der Waals surface area contributed by atoms with Crippen LogP contribution in [0.3, 0.4) is 0 Å². The maximum Gasteiger partial charge on any atom is 0.238 e. The Morgan fingerprint density at radius 2 is 1.02 bits per heavy atom. The Labute approximate surface area is 505 Å². The first-order chi connectivity index (χ1) is 42.7. The van der Waals surface area contributed by atoms with Crippen LogP contribution in [0, 0.1) is 0 Å². The third-order valence-corrected chi connectivity index (χ3v) is 15.5. The summed E-state index contributed by atoms with van der Waals surface area (Å²) in [5.74, 6) is 4.74. The molecule has 1 aliphatic rings. The normalized spacial score (nSPS) is 11.8. The van der Waals surface area contributed by atoms with Gasteiger partial charge >= 0.3 is 0 Å². The number of benzene rings is 5. The molecule has 0 saturated carbocycles. The molecule has 0 fully saturated rings. The number of sulfonamides is 2. The van der Waals surface area contributed by atoms with Crippen LogP contribution in [-0.4, -0.2) is 104 Å². The molecule has 0 amide bonds. The number of hydrogen-bond donors (Lipinski definition) is 6. The minimum Gasteiger partial charge on any atom is -0.493 e. The SMILES string of the molecule is COc1ccc(-c2cnc3c(NCc4ccc(NS(C)(=O)=O)cc4)nccn23)cc1OC.NS(=O)(=O)c1ccc(CNc2nccn3c(-c4ccc5c(c4)OCO5)cnc23)cc1.OCc1ccc(-c2cnc3c(NCCc4ccncc4)nccn23)cc1. The number of primary sulfonamides is 1. The van der Waals surface area contributed by atoms with Crippen LogP contribution in [0.2, 0.25) is 0 Å². The Bertz CT molecular complexity index is 4630. The zero-order chi connectivity index (χ0) is 61.2. The molecule has 24 nitrogen and oxygen atoms in total. The van der Waals surface area contributed by atoms with Crippen molar-refractivity contribution in [2.45, 2.75) is 31.0 Å². The van der Waals surface area contributed by atoms with Crippen molar-refractivity contribution in [2.75, 3.05) is 54.5 Å². The number of rotatable bonds is 19. The van der Waals surface area contributed by atoms with Gasteiger partial charge in [-0.25, -0.2) is 51.9 Å². The van der Waals surface area contributed by atoms with Crippen molar-refractivity contribution in [3.05, 3.63) is 212 Å². The molecule has 12 aromatic rings. The van der Waals surface area contributed by atoms with Crippen molar-refractivity contribution in [1.29, 1.82) is 0 Å². The van der Waals surface area contributed by atoms with Crippen molar-refractivity contribution in [1.82, 2.24) is 48.1 Å². The van der Waals surface area contributed by atoms with E-state index in [1.165, 1.54) is 17.7 Å². The summed E-state index contributed by atoms with van der Waals surface area (Å²) in [7, 11) is -3.80. The molecule has 5 aromatic carbocycles. The predicted molar refractivity (Wildman–Crippen MR) is 334 cm³/mol. The Morgan fingerprint density at radius 1 is 0.534 bits per heavy atom. The number of hydrogen-bond acceptors (Lipinski definition) is 19. The Kier molecular flexibility index (Phi) is 17.7. The van der Waals surface area contributed by atoms with Crippen LogP contribution in [0.25, 0.3) is 50.7 Å². The van der Waals surface area contributed by atoms with E-state index in [-0.39, 0.29) is 18.3 Å². The summed E-state index contributed by atoms with van der Waals surface area (Å²) in [6.45, 7) is 1.99. The highest BCUT2D eigenvalue weighted by atomic mass is 32.2. The lowest BCUT2D eigenvalue weighted by Gasteiger charge is -2.10. The van der Waals surface area contributed by atoms with Gasteiger partial charge in [-0.05, 0) is 101 Å². The minimum absolute atomic E-state index is 0.0445. The number of anilines is 4. The number of nitrogens with zero attached hydrogens (tertiary/aromatic N) is 10. The second-order valence-corrected chi connectivity index (χ2v) is 23.1. The second-order valence-electron chi connectivity index (χ2n) is 19.8. The maximum absolute atomic E-state index is 11.4. The molecule has 0 bridgehead atoms. The average molecular weight is 1220 g/mol. The van der Waals surface area contributed by atoms with Gasteiger partial charge in [-0.15, -0.1) is 0 Å². The second kappa shape index (κ2) is 26.3. The molecule has 8 heterocycles. The lowest BCUT2D eigenvalue weighted by atomic mass is 10.1. The van der Waals surface area contributed by atoms with E-state index in [2.05, 4.69) is 55.6 Å². The van der Waals surface area contributed by atoms with E-state index in [0.29, 0.717) is 59.0 Å². The van der Waals surface area contributed by atoms with Crippen LogP contribution in [0.15, 0.2) is 194 Å². The van der Waals surface area contributed by atoms with Gasteiger partial charge in [0.2, 0.25) is 26.8 Å². The van der Waals surface area contributed by atoms with Gasteiger partial charge in [0.25, 0.3) is 0 Å². The minimum atomic E-state index is -3.71. The van der Waals surface area contributed by atoms with Crippen LogP contribution in [-0.2, 0) is 46.2 Å². The van der Waals surface area contributed by atoms with Gasteiger partial charge in [0.05, 0.1) is 67.7 Å². The molecular formula is C62H59N15O9S2. The number of pyridine rings is 1. The number of imidazole rings is 3. The van der Waals surface area contributed by atoms with Gasteiger partial charge in [-0.1, -0.05) is 48.5 Å². The molecule has 0 spiro atoms. The molecule has 0 atom stereocenters. The summed E-state index contributed by atoms with van der Waals surface area (Å²) in [4.78, 5) is 31.0. The van der Waals surface area contributed by atoms with Crippen molar-refractivity contribution in [2.24, 2.45) is 5.14 Å². The standard InChI is InChI=1S/C22H23N5O4S.C20H17N5O4S.C20H19N5O/c1-30-19-9-6-16(12-20(19)31-2)18-14-25-22-21(23-10-11-27(18)22)24-13-15-4-7-17(8-5-15)26-32(3,28)29;21-30(26,27)15-4-1-13(2-5-15)10-23-19-20-24-11-16(25(20)8-7-22-19)14-3-6-17-18(9-14)29-12-28-17;26-14-16-1-3-17(4-2-16)18-13-24-20-19(23-11-12-25(18)20)22-10-7-15-5-8-21-9-6-15/h4-12,14,26H,13H2,1-3H3,(H,23,24);1-9,11H,10,12H2,(H,22,23)(H2,21,26,27);1-6,8-9,11-13,26H,7,10,14H2,(H,22,23). The Hall–Kier alpha value is -10.7. The van der Waals surface area contributed by atoms with Gasteiger partial charge in [0.15, 0.2) is 57.4 Å². The van der Waals surface area contributed by atoms with E-state index in [9.17, 15) is 21.9 Å². The van der Waals surface area contributed by atoms with E-state index in [4.69, 9.17) is 24.1 Å². The number of aromatic nitrogens is 10. The topological polar surface area (TPSA) is 303 Å². The molecule has 448 valence electrons. The first-order valence-corrected chi connectivity index (χ1v) is 30.7. The van der Waals surface area contributed by atoms with Crippen molar-refractivity contribution >= 4 is 60.1 Å². The quantitative estimate of drug-likeness (QED) is 0.0441. The van der Waals surface area contributed by atoms with Crippen LogP contribution < -0.4 is 44.8 Å². The highest BCUT2D eigenvalue weighted by Gasteiger charge is 2.18. The molecule has 1 aliphatic heterocycles. The van der Waals surface area contributed by atoms with E-state index >= 15 is 0 Å². The molecule has 7 N–H and O–H groups in total. The molecule has 26 heteroatoms. The average Bonchev–Trinajstić information content (AvgIpc) is 3.07. The molecule has 13 rings (SSSR count). The summed E-state index contributed by atoms with van der Waals surface area (Å²) in [6, 6.07) is 36.8. The molecule has 0 saturated heterocycles. The number of ether oxygens (including phenoxy) is 4.